The minimum absolute atomic E-state index is 0.711. The fourth-order valence-corrected chi connectivity index (χ4v) is 3.06. The van der Waals surface area contributed by atoms with Gasteiger partial charge in [-0.1, -0.05) is 4.49 Å². The number of rotatable bonds is 4. The zero-order valence-electron chi connectivity index (χ0n) is 10.5. The number of hydrogen-bond acceptors (Lipinski definition) is 5. The first-order chi connectivity index (χ1) is 8.81. The van der Waals surface area contributed by atoms with Gasteiger partial charge in [-0.15, -0.1) is 5.10 Å². The van der Waals surface area contributed by atoms with Gasteiger partial charge >= 0.3 is 0 Å². The molecule has 0 saturated carbocycles. The lowest BCUT2D eigenvalue weighted by Gasteiger charge is -2.27. The summed E-state index contributed by atoms with van der Waals surface area (Å²) in [5.74, 6) is 1.95. The maximum Gasteiger partial charge on any atom is 0.108 e. The Balaban J connectivity index is 1.54. The van der Waals surface area contributed by atoms with Crippen LogP contribution in [0.25, 0.3) is 0 Å². The molecule has 0 N–H and O–H groups in total. The molecular formula is C12H17N5S. The number of fused-ring (bicyclic) bond motifs is 1. The fraction of sp³-hybridized carbons (Fsp3) is 0.583. The number of nitrogens with zero attached hydrogens (tertiary/aromatic N) is 5. The van der Waals surface area contributed by atoms with E-state index in [-0.39, 0.29) is 0 Å². The van der Waals surface area contributed by atoms with Crippen LogP contribution in [0.5, 0.6) is 0 Å². The van der Waals surface area contributed by atoms with Crippen molar-refractivity contribution in [2.24, 2.45) is 5.92 Å². The van der Waals surface area contributed by atoms with E-state index in [1.165, 1.54) is 23.8 Å². The van der Waals surface area contributed by atoms with Crippen molar-refractivity contribution in [3.63, 3.8) is 0 Å². The number of aryl methyl sites for hydroxylation is 1. The van der Waals surface area contributed by atoms with Crippen molar-refractivity contribution in [2.75, 3.05) is 13.6 Å². The topological polar surface area (TPSA) is 46.8 Å². The SMILES string of the molecule is CN(Cc1csnn1)C[C@@H]1CCc2nccn2C1. The molecule has 0 fully saturated rings. The number of aromatic nitrogens is 4. The van der Waals surface area contributed by atoms with Crippen molar-refractivity contribution in [3.05, 3.63) is 29.3 Å². The Hall–Kier alpha value is -1.27. The second kappa shape index (κ2) is 5.16. The normalized spacial score (nSPS) is 19.1. The van der Waals surface area contributed by atoms with Crippen molar-refractivity contribution in [1.29, 1.82) is 0 Å². The van der Waals surface area contributed by atoms with Crippen molar-refractivity contribution < 1.29 is 0 Å². The van der Waals surface area contributed by atoms with Crippen LogP contribution in [0.2, 0.25) is 0 Å². The van der Waals surface area contributed by atoms with Crippen LogP contribution < -0.4 is 0 Å². The van der Waals surface area contributed by atoms with Crippen LogP contribution in [0.3, 0.4) is 0 Å². The molecule has 0 aromatic carbocycles. The molecule has 2 aromatic rings. The Morgan fingerprint density at radius 2 is 2.50 bits per heavy atom. The van der Waals surface area contributed by atoms with E-state index in [1.807, 2.05) is 11.6 Å². The van der Waals surface area contributed by atoms with E-state index in [4.69, 9.17) is 0 Å². The number of hydrogen-bond donors (Lipinski definition) is 0. The maximum atomic E-state index is 4.36. The van der Waals surface area contributed by atoms with Crippen LogP contribution in [-0.4, -0.2) is 37.6 Å². The first-order valence-corrected chi connectivity index (χ1v) is 7.09. The van der Waals surface area contributed by atoms with Crippen molar-refractivity contribution >= 4 is 11.5 Å². The number of imidazole rings is 1. The first kappa shape index (κ1) is 11.8. The molecule has 3 heterocycles. The van der Waals surface area contributed by atoms with Gasteiger partial charge in [-0.25, -0.2) is 4.98 Å². The lowest BCUT2D eigenvalue weighted by Crippen LogP contribution is -2.31. The third-order valence-corrected chi connectivity index (χ3v) is 3.99. The quantitative estimate of drug-likeness (QED) is 0.837. The average Bonchev–Trinajstić information content (AvgIpc) is 2.98. The summed E-state index contributed by atoms with van der Waals surface area (Å²) in [5.41, 5.74) is 1.07. The molecule has 0 bridgehead atoms. The molecule has 6 heteroatoms. The highest BCUT2D eigenvalue weighted by Crippen LogP contribution is 2.19. The monoisotopic (exact) mass is 263 g/mol. The molecule has 0 spiro atoms. The summed E-state index contributed by atoms with van der Waals surface area (Å²) in [6.07, 6.45) is 6.33. The van der Waals surface area contributed by atoms with Crippen LogP contribution in [-0.2, 0) is 19.5 Å². The molecule has 0 aliphatic carbocycles. The van der Waals surface area contributed by atoms with Gasteiger partial charge in [-0.2, -0.15) is 0 Å². The van der Waals surface area contributed by atoms with Gasteiger partial charge in [0.05, 0.1) is 5.69 Å². The molecule has 1 atom stereocenters. The maximum absolute atomic E-state index is 4.36. The molecule has 5 nitrogen and oxygen atoms in total. The van der Waals surface area contributed by atoms with Gasteiger partial charge < -0.3 is 9.47 Å². The van der Waals surface area contributed by atoms with Crippen molar-refractivity contribution in [2.45, 2.75) is 25.9 Å². The fourth-order valence-electron chi connectivity index (χ4n) is 2.62. The molecule has 1 aliphatic heterocycles. The predicted molar refractivity (Wildman–Crippen MR) is 70.3 cm³/mol. The van der Waals surface area contributed by atoms with Gasteiger partial charge in [-0.05, 0) is 30.9 Å². The van der Waals surface area contributed by atoms with Crippen molar-refractivity contribution in [1.82, 2.24) is 24.0 Å². The van der Waals surface area contributed by atoms with Crippen LogP contribution >= 0.6 is 11.5 Å². The lowest BCUT2D eigenvalue weighted by molar-refractivity contribution is 0.227. The average molecular weight is 263 g/mol. The zero-order valence-corrected chi connectivity index (χ0v) is 11.3. The van der Waals surface area contributed by atoms with Crippen LogP contribution in [0, 0.1) is 5.92 Å². The summed E-state index contributed by atoms with van der Waals surface area (Å²) >= 11 is 1.42. The Morgan fingerprint density at radius 3 is 3.33 bits per heavy atom. The second-order valence-corrected chi connectivity index (χ2v) is 5.60. The minimum atomic E-state index is 0.711. The molecule has 96 valence electrons. The Kier molecular flexibility index (Phi) is 3.38. The molecule has 0 unspecified atom stereocenters. The second-order valence-electron chi connectivity index (χ2n) is 4.99. The standard InChI is InChI=1S/C12H17N5S/c1-16(8-11-9-18-15-14-11)6-10-2-3-12-13-4-5-17(12)7-10/h4-5,9-10H,2-3,6-8H2,1H3/t10-/m0/s1. The zero-order chi connectivity index (χ0) is 12.4. The lowest BCUT2D eigenvalue weighted by atomic mass is 9.99. The molecule has 3 rings (SSSR count). The first-order valence-electron chi connectivity index (χ1n) is 6.26. The minimum Gasteiger partial charge on any atom is -0.335 e. The van der Waals surface area contributed by atoms with E-state index < -0.39 is 0 Å². The molecular weight excluding hydrogens is 246 g/mol. The molecule has 0 amide bonds. The smallest absolute Gasteiger partial charge is 0.108 e. The highest BCUT2D eigenvalue weighted by atomic mass is 32.1. The van der Waals surface area contributed by atoms with Crippen LogP contribution in [0.15, 0.2) is 17.8 Å². The summed E-state index contributed by atoms with van der Waals surface area (Å²) in [6.45, 7) is 3.09. The third kappa shape index (κ3) is 2.59. The van der Waals surface area contributed by atoms with E-state index in [0.29, 0.717) is 5.92 Å². The van der Waals surface area contributed by atoms with Gasteiger partial charge in [0.2, 0.25) is 0 Å². The molecule has 0 saturated heterocycles. The van der Waals surface area contributed by atoms with E-state index in [1.54, 1.807) is 0 Å². The van der Waals surface area contributed by atoms with Gasteiger partial charge in [0.15, 0.2) is 0 Å². The largest absolute Gasteiger partial charge is 0.335 e. The van der Waals surface area contributed by atoms with Gasteiger partial charge in [0, 0.05) is 43.8 Å². The van der Waals surface area contributed by atoms with E-state index in [2.05, 4.69) is 37.3 Å². The molecule has 2 aromatic heterocycles. The summed E-state index contributed by atoms with van der Waals surface area (Å²) in [6, 6.07) is 0. The van der Waals surface area contributed by atoms with Gasteiger partial charge in [0.1, 0.15) is 5.82 Å². The van der Waals surface area contributed by atoms with Crippen LogP contribution in [0.1, 0.15) is 17.9 Å². The summed E-state index contributed by atoms with van der Waals surface area (Å²) < 4.78 is 6.18. The summed E-state index contributed by atoms with van der Waals surface area (Å²) in [4.78, 5) is 6.70. The van der Waals surface area contributed by atoms with Crippen LogP contribution in [0.4, 0.5) is 0 Å². The Morgan fingerprint density at radius 1 is 1.56 bits per heavy atom. The predicted octanol–water partition coefficient (Wildman–Crippen LogP) is 1.43. The van der Waals surface area contributed by atoms with E-state index in [9.17, 15) is 0 Å². The summed E-state index contributed by atoms with van der Waals surface area (Å²) in [5, 5.41) is 6.11. The summed E-state index contributed by atoms with van der Waals surface area (Å²) in [7, 11) is 2.16. The van der Waals surface area contributed by atoms with Crippen molar-refractivity contribution in [3.8, 4) is 0 Å². The van der Waals surface area contributed by atoms with Gasteiger partial charge in [0.25, 0.3) is 0 Å². The van der Waals surface area contributed by atoms with E-state index in [0.717, 1.165) is 31.7 Å². The van der Waals surface area contributed by atoms with E-state index >= 15 is 0 Å². The van der Waals surface area contributed by atoms with Gasteiger partial charge in [-0.3, -0.25) is 0 Å². The molecule has 18 heavy (non-hydrogen) atoms. The highest BCUT2D eigenvalue weighted by molar-refractivity contribution is 7.03. The molecule has 1 aliphatic rings. The Labute approximate surface area is 111 Å². The molecule has 0 radical (unpaired) electrons. The Bertz CT molecular complexity index is 492. The third-order valence-electron chi connectivity index (χ3n) is 3.44. The highest BCUT2D eigenvalue weighted by Gasteiger charge is 2.20.